The molecule has 0 unspecified atom stereocenters. The summed E-state index contributed by atoms with van der Waals surface area (Å²) < 4.78 is 5.32. The zero-order valence-electron chi connectivity index (χ0n) is 13.3. The van der Waals surface area contributed by atoms with Crippen molar-refractivity contribution in [3.63, 3.8) is 0 Å². The molecule has 2 rings (SSSR count). The van der Waals surface area contributed by atoms with Crippen LogP contribution in [0, 0.1) is 6.92 Å². The molecule has 2 aromatic rings. The summed E-state index contributed by atoms with van der Waals surface area (Å²) in [7, 11) is 1.60. The van der Waals surface area contributed by atoms with Gasteiger partial charge in [-0.1, -0.05) is 36.4 Å². The minimum atomic E-state index is -0.267. The van der Waals surface area contributed by atoms with Gasteiger partial charge in [-0.2, -0.15) is 0 Å². The van der Waals surface area contributed by atoms with Crippen molar-refractivity contribution in [3.05, 3.63) is 59.7 Å². The van der Waals surface area contributed by atoms with Crippen LogP contribution in [0.1, 0.15) is 24.1 Å². The molecule has 0 fully saturated rings. The van der Waals surface area contributed by atoms with Crippen molar-refractivity contribution in [3.8, 4) is 5.75 Å². The van der Waals surface area contributed by atoms with Crippen LogP contribution >= 0.6 is 0 Å². The van der Waals surface area contributed by atoms with E-state index in [2.05, 4.69) is 5.32 Å². The van der Waals surface area contributed by atoms with Crippen LogP contribution in [0.15, 0.2) is 48.5 Å². The third-order valence-corrected chi connectivity index (χ3v) is 3.53. The van der Waals surface area contributed by atoms with Crippen molar-refractivity contribution in [1.82, 2.24) is 0 Å². The first-order valence-electron chi connectivity index (χ1n) is 7.49. The van der Waals surface area contributed by atoms with Crippen LogP contribution in [0.3, 0.4) is 0 Å². The summed E-state index contributed by atoms with van der Waals surface area (Å²) in [5, 5.41) is 5.01. The molecule has 0 saturated carbocycles. The number of ether oxygens (including phenoxy) is 1. The molecule has 4 heteroatoms. The van der Waals surface area contributed by atoms with Crippen molar-refractivity contribution in [2.75, 3.05) is 19.0 Å². The Hall–Kier alpha value is -2.33. The summed E-state index contributed by atoms with van der Waals surface area (Å²) in [6.07, 6.45) is 0. The number of methoxy groups -OCH3 is 1. The van der Waals surface area contributed by atoms with Crippen molar-refractivity contribution in [2.24, 2.45) is 0 Å². The highest BCUT2D eigenvalue weighted by Crippen LogP contribution is 2.26. The predicted molar refractivity (Wildman–Crippen MR) is 88.0 cm³/mol. The number of hydrogen-bond acceptors (Lipinski definition) is 2. The number of carbonyl (C=O) groups is 1. The fourth-order valence-electron chi connectivity index (χ4n) is 2.42. The number of quaternary nitrogens is 1. The van der Waals surface area contributed by atoms with Gasteiger partial charge in [-0.25, -0.2) is 0 Å². The molecular formula is C18H23N2O2+. The number of likely N-dealkylation sites (N-methyl/N-ethyl adjacent to an activating group) is 1. The largest absolute Gasteiger partial charge is 0.495 e. The van der Waals surface area contributed by atoms with E-state index in [1.54, 1.807) is 7.11 Å². The molecule has 0 radical (unpaired) electrons. The lowest BCUT2D eigenvalue weighted by molar-refractivity contribution is -0.679. The summed E-state index contributed by atoms with van der Waals surface area (Å²) in [6.45, 7) is 4.86. The summed E-state index contributed by atoms with van der Waals surface area (Å²) in [6, 6.07) is 15.3. The number of amides is 1. The molecule has 22 heavy (non-hydrogen) atoms. The Balaban J connectivity index is 2.24. The SMILES string of the molecule is CC[NH2+][C@H](C(=O)Nc1cc(C)ccc1OC)c1ccccc1. The Morgan fingerprint density at radius 1 is 1.23 bits per heavy atom. The molecule has 0 aliphatic carbocycles. The molecule has 0 aliphatic heterocycles. The third kappa shape index (κ3) is 3.86. The highest BCUT2D eigenvalue weighted by molar-refractivity contribution is 5.95. The minimum absolute atomic E-state index is 0.0445. The lowest BCUT2D eigenvalue weighted by atomic mass is 10.1. The number of benzene rings is 2. The minimum Gasteiger partial charge on any atom is -0.495 e. The first-order valence-corrected chi connectivity index (χ1v) is 7.49. The van der Waals surface area contributed by atoms with Gasteiger partial charge in [-0.3, -0.25) is 4.79 Å². The van der Waals surface area contributed by atoms with Gasteiger partial charge in [0, 0.05) is 5.56 Å². The Morgan fingerprint density at radius 2 is 1.95 bits per heavy atom. The summed E-state index contributed by atoms with van der Waals surface area (Å²) in [4.78, 5) is 12.7. The normalized spacial score (nSPS) is 11.8. The van der Waals surface area contributed by atoms with E-state index in [-0.39, 0.29) is 11.9 Å². The van der Waals surface area contributed by atoms with E-state index in [1.807, 2.05) is 67.7 Å². The Bertz CT molecular complexity index is 626. The van der Waals surface area contributed by atoms with Gasteiger partial charge in [-0.15, -0.1) is 0 Å². The van der Waals surface area contributed by atoms with Crippen LogP contribution in [0.4, 0.5) is 5.69 Å². The Labute approximate surface area is 131 Å². The van der Waals surface area contributed by atoms with Gasteiger partial charge >= 0.3 is 0 Å². The number of carbonyl (C=O) groups excluding carboxylic acids is 1. The van der Waals surface area contributed by atoms with Gasteiger partial charge < -0.3 is 15.4 Å². The molecule has 0 aromatic heterocycles. The molecule has 0 saturated heterocycles. The van der Waals surface area contributed by atoms with E-state index in [1.165, 1.54) is 0 Å². The van der Waals surface area contributed by atoms with Crippen LogP contribution in [-0.4, -0.2) is 19.6 Å². The van der Waals surface area contributed by atoms with Crippen LogP contribution in [0.5, 0.6) is 5.75 Å². The molecule has 1 atom stereocenters. The van der Waals surface area contributed by atoms with Gasteiger partial charge in [0.05, 0.1) is 19.3 Å². The van der Waals surface area contributed by atoms with Crippen molar-refractivity contribution >= 4 is 11.6 Å². The van der Waals surface area contributed by atoms with Gasteiger partial charge in [0.15, 0.2) is 6.04 Å². The van der Waals surface area contributed by atoms with E-state index < -0.39 is 0 Å². The number of nitrogens with one attached hydrogen (secondary N) is 1. The van der Waals surface area contributed by atoms with E-state index in [9.17, 15) is 4.79 Å². The number of aryl methyl sites for hydroxylation is 1. The standard InChI is InChI=1S/C18H22N2O2/c1-4-19-17(14-8-6-5-7-9-14)18(21)20-15-12-13(2)10-11-16(15)22-3/h5-12,17,19H,4H2,1-3H3,(H,20,21)/p+1/t17-/m0/s1. The van der Waals surface area contributed by atoms with Gasteiger partial charge in [-0.05, 0) is 31.5 Å². The maximum atomic E-state index is 12.7. The maximum absolute atomic E-state index is 12.7. The Morgan fingerprint density at radius 3 is 2.59 bits per heavy atom. The number of nitrogens with two attached hydrogens (primary N) is 1. The zero-order valence-corrected chi connectivity index (χ0v) is 13.3. The molecule has 116 valence electrons. The maximum Gasteiger partial charge on any atom is 0.287 e. The molecule has 0 aliphatic rings. The van der Waals surface area contributed by atoms with Crippen LogP contribution in [0.25, 0.3) is 0 Å². The average molecular weight is 299 g/mol. The van der Waals surface area contributed by atoms with E-state index in [0.29, 0.717) is 11.4 Å². The summed E-state index contributed by atoms with van der Waals surface area (Å²) in [5.74, 6) is 0.624. The zero-order chi connectivity index (χ0) is 15.9. The molecule has 4 nitrogen and oxygen atoms in total. The number of anilines is 1. The first-order chi connectivity index (χ1) is 10.7. The fraction of sp³-hybridized carbons (Fsp3) is 0.278. The second-order valence-electron chi connectivity index (χ2n) is 5.23. The van der Waals surface area contributed by atoms with Gasteiger partial charge in [0.25, 0.3) is 5.91 Å². The summed E-state index contributed by atoms with van der Waals surface area (Å²) >= 11 is 0. The molecule has 3 N–H and O–H groups in total. The fourth-order valence-corrected chi connectivity index (χ4v) is 2.42. The van der Waals surface area contributed by atoms with Gasteiger partial charge in [0.2, 0.25) is 0 Å². The topological polar surface area (TPSA) is 54.9 Å². The molecule has 0 bridgehead atoms. The average Bonchev–Trinajstić information content (AvgIpc) is 2.53. The third-order valence-electron chi connectivity index (χ3n) is 3.53. The van der Waals surface area contributed by atoms with Crippen molar-refractivity contribution < 1.29 is 14.8 Å². The molecule has 0 spiro atoms. The lowest BCUT2D eigenvalue weighted by Crippen LogP contribution is -2.86. The summed E-state index contributed by atoms with van der Waals surface area (Å²) in [5.41, 5.74) is 2.78. The monoisotopic (exact) mass is 299 g/mol. The van der Waals surface area contributed by atoms with Crippen LogP contribution in [-0.2, 0) is 4.79 Å². The number of rotatable bonds is 6. The second-order valence-corrected chi connectivity index (χ2v) is 5.23. The molecular weight excluding hydrogens is 276 g/mol. The quantitative estimate of drug-likeness (QED) is 0.859. The highest BCUT2D eigenvalue weighted by Gasteiger charge is 2.24. The first kappa shape index (κ1) is 16.0. The van der Waals surface area contributed by atoms with Gasteiger partial charge in [0.1, 0.15) is 5.75 Å². The van der Waals surface area contributed by atoms with Crippen molar-refractivity contribution in [2.45, 2.75) is 19.9 Å². The van der Waals surface area contributed by atoms with E-state index in [0.717, 1.165) is 17.7 Å². The second kappa shape index (κ2) is 7.61. The molecule has 2 aromatic carbocycles. The van der Waals surface area contributed by atoms with E-state index >= 15 is 0 Å². The van der Waals surface area contributed by atoms with Crippen LogP contribution in [0.2, 0.25) is 0 Å². The molecule has 0 heterocycles. The van der Waals surface area contributed by atoms with Crippen molar-refractivity contribution in [1.29, 1.82) is 0 Å². The molecule has 1 amide bonds. The smallest absolute Gasteiger partial charge is 0.287 e. The van der Waals surface area contributed by atoms with Crippen LogP contribution < -0.4 is 15.4 Å². The predicted octanol–water partition coefficient (Wildman–Crippen LogP) is 2.27. The highest BCUT2D eigenvalue weighted by atomic mass is 16.5. The lowest BCUT2D eigenvalue weighted by Gasteiger charge is -2.16. The Kier molecular flexibility index (Phi) is 5.55. The number of hydrogen-bond donors (Lipinski definition) is 2. The van der Waals surface area contributed by atoms with E-state index in [4.69, 9.17) is 4.74 Å².